The second-order valence-electron chi connectivity index (χ2n) is 5.88. The summed E-state index contributed by atoms with van der Waals surface area (Å²) in [4.78, 5) is 35.1. The summed E-state index contributed by atoms with van der Waals surface area (Å²) in [6.45, 7) is 0.965. The fraction of sp³-hybridized carbons (Fsp3) is 0.438. The lowest BCUT2D eigenvalue weighted by molar-refractivity contribution is -0.147. The second-order valence-corrected chi connectivity index (χ2v) is 8.11. The number of rotatable bonds is 6. The number of aryl methyl sites for hydroxylation is 1. The first kappa shape index (κ1) is 18.9. The van der Waals surface area contributed by atoms with Crippen LogP contribution in [0.25, 0.3) is 0 Å². The Morgan fingerprint density at radius 3 is 2.68 bits per heavy atom. The van der Waals surface area contributed by atoms with E-state index in [-0.39, 0.29) is 18.1 Å². The zero-order chi connectivity index (χ0) is 18.4. The van der Waals surface area contributed by atoms with Gasteiger partial charge in [0.05, 0.1) is 11.5 Å². The lowest BCUT2D eigenvalue weighted by atomic mass is 10.1. The summed E-state index contributed by atoms with van der Waals surface area (Å²) in [5.74, 6) is -1.79. The van der Waals surface area contributed by atoms with E-state index < -0.39 is 40.3 Å². The van der Waals surface area contributed by atoms with E-state index in [1.54, 1.807) is 18.2 Å². The lowest BCUT2D eigenvalue weighted by Crippen LogP contribution is -2.39. The molecule has 0 saturated carbocycles. The van der Waals surface area contributed by atoms with Gasteiger partial charge >= 0.3 is 5.97 Å². The van der Waals surface area contributed by atoms with Crippen molar-refractivity contribution in [3.05, 3.63) is 35.4 Å². The van der Waals surface area contributed by atoms with Gasteiger partial charge in [0.25, 0.3) is 11.8 Å². The molecule has 1 aromatic rings. The Morgan fingerprint density at radius 1 is 1.28 bits per heavy atom. The van der Waals surface area contributed by atoms with Gasteiger partial charge in [-0.2, -0.15) is 0 Å². The second kappa shape index (κ2) is 8.11. The number of carbonyl (C=O) groups excluding carboxylic acids is 3. The summed E-state index contributed by atoms with van der Waals surface area (Å²) >= 11 is 0. The van der Waals surface area contributed by atoms with Crippen LogP contribution in [0.3, 0.4) is 0 Å². The fourth-order valence-corrected chi connectivity index (χ4v) is 4.09. The molecule has 1 atom stereocenters. The van der Waals surface area contributed by atoms with Crippen molar-refractivity contribution in [2.75, 3.05) is 24.7 Å². The van der Waals surface area contributed by atoms with E-state index in [0.29, 0.717) is 12.0 Å². The maximum Gasteiger partial charge on any atom is 0.325 e. The number of nitrogens with one attached hydrogen (secondary N) is 2. The van der Waals surface area contributed by atoms with Gasteiger partial charge in [0.1, 0.15) is 6.54 Å². The summed E-state index contributed by atoms with van der Waals surface area (Å²) < 4.78 is 27.4. The van der Waals surface area contributed by atoms with Crippen molar-refractivity contribution in [1.82, 2.24) is 10.6 Å². The maximum atomic E-state index is 11.9. The number of esters is 1. The molecule has 9 heteroatoms. The molecule has 8 nitrogen and oxygen atoms in total. The molecule has 0 unspecified atom stereocenters. The highest BCUT2D eigenvalue weighted by molar-refractivity contribution is 7.91. The third-order valence-corrected chi connectivity index (χ3v) is 5.40. The Bertz CT molecular complexity index is 775. The molecular formula is C16H20N2O6S. The smallest absolute Gasteiger partial charge is 0.325 e. The molecule has 1 fully saturated rings. The van der Waals surface area contributed by atoms with Crippen LogP contribution in [-0.2, 0) is 24.2 Å². The molecule has 136 valence electrons. The van der Waals surface area contributed by atoms with Crippen molar-refractivity contribution in [3.63, 3.8) is 0 Å². The van der Waals surface area contributed by atoms with E-state index in [4.69, 9.17) is 4.74 Å². The molecule has 1 aromatic carbocycles. The van der Waals surface area contributed by atoms with Crippen LogP contribution in [0, 0.1) is 6.92 Å². The van der Waals surface area contributed by atoms with Crippen LogP contribution in [0.4, 0.5) is 0 Å². The molecule has 0 bridgehead atoms. The van der Waals surface area contributed by atoms with E-state index in [1.165, 1.54) is 0 Å². The summed E-state index contributed by atoms with van der Waals surface area (Å²) in [5, 5.41) is 4.91. The highest BCUT2D eigenvalue weighted by atomic mass is 32.2. The van der Waals surface area contributed by atoms with Gasteiger partial charge in [-0.3, -0.25) is 14.4 Å². The van der Waals surface area contributed by atoms with Crippen molar-refractivity contribution >= 4 is 27.6 Å². The van der Waals surface area contributed by atoms with E-state index in [0.717, 1.165) is 5.56 Å². The van der Waals surface area contributed by atoms with E-state index in [9.17, 15) is 22.8 Å². The average molecular weight is 368 g/mol. The largest absolute Gasteiger partial charge is 0.454 e. The molecule has 1 saturated heterocycles. The molecule has 2 rings (SSSR count). The average Bonchev–Trinajstić information content (AvgIpc) is 2.89. The van der Waals surface area contributed by atoms with Crippen LogP contribution in [0.1, 0.15) is 22.3 Å². The molecule has 0 aliphatic carbocycles. The highest BCUT2D eigenvalue weighted by Gasteiger charge is 2.29. The van der Waals surface area contributed by atoms with Gasteiger partial charge in [0, 0.05) is 11.6 Å². The number of benzene rings is 1. The van der Waals surface area contributed by atoms with Crippen LogP contribution >= 0.6 is 0 Å². The van der Waals surface area contributed by atoms with Crippen LogP contribution in [0.5, 0.6) is 0 Å². The van der Waals surface area contributed by atoms with Gasteiger partial charge in [0.2, 0.25) is 0 Å². The topological polar surface area (TPSA) is 119 Å². The van der Waals surface area contributed by atoms with E-state index in [1.807, 2.05) is 13.0 Å². The quantitative estimate of drug-likeness (QED) is 0.658. The van der Waals surface area contributed by atoms with Crippen molar-refractivity contribution in [3.8, 4) is 0 Å². The standard InChI is InChI=1S/C16H20N2O6S/c1-11-3-2-4-12(7-11)16(21)17-8-15(20)24-9-14(19)18-13-5-6-25(22,23)10-13/h2-4,7,13H,5-6,8-10H2,1H3,(H,17,21)(H,18,19)/t13-/m0/s1. The first-order valence-corrected chi connectivity index (χ1v) is 9.57. The highest BCUT2D eigenvalue weighted by Crippen LogP contribution is 2.10. The van der Waals surface area contributed by atoms with Gasteiger partial charge in [-0.25, -0.2) is 8.42 Å². The number of amides is 2. The number of sulfone groups is 1. The molecule has 2 amide bonds. The van der Waals surface area contributed by atoms with Crippen molar-refractivity contribution in [2.24, 2.45) is 0 Å². The van der Waals surface area contributed by atoms with Gasteiger partial charge in [-0.05, 0) is 25.5 Å². The molecule has 1 aliphatic rings. The van der Waals surface area contributed by atoms with Crippen LogP contribution in [0.2, 0.25) is 0 Å². The third kappa shape index (κ3) is 6.18. The molecule has 0 radical (unpaired) electrons. The Morgan fingerprint density at radius 2 is 2.04 bits per heavy atom. The van der Waals surface area contributed by atoms with Gasteiger partial charge in [0.15, 0.2) is 16.4 Å². The summed E-state index contributed by atoms with van der Waals surface area (Å²) in [6, 6.07) is 6.44. The third-order valence-electron chi connectivity index (χ3n) is 3.64. The van der Waals surface area contributed by atoms with Crippen LogP contribution in [0.15, 0.2) is 24.3 Å². The van der Waals surface area contributed by atoms with E-state index in [2.05, 4.69) is 10.6 Å². The lowest BCUT2D eigenvalue weighted by Gasteiger charge is -2.11. The van der Waals surface area contributed by atoms with Crippen molar-refractivity contribution in [2.45, 2.75) is 19.4 Å². The minimum Gasteiger partial charge on any atom is -0.454 e. The molecular weight excluding hydrogens is 348 g/mol. The minimum atomic E-state index is -3.09. The first-order chi connectivity index (χ1) is 11.7. The molecule has 1 heterocycles. The monoisotopic (exact) mass is 368 g/mol. The molecule has 0 aromatic heterocycles. The van der Waals surface area contributed by atoms with Crippen molar-refractivity contribution < 1.29 is 27.5 Å². The number of ether oxygens (including phenoxy) is 1. The van der Waals surface area contributed by atoms with Gasteiger partial charge < -0.3 is 15.4 Å². The number of hydrogen-bond acceptors (Lipinski definition) is 6. The Labute approximate surface area is 145 Å². The van der Waals surface area contributed by atoms with Gasteiger partial charge in [-0.15, -0.1) is 0 Å². The summed E-state index contributed by atoms with van der Waals surface area (Å²) in [7, 11) is -3.09. The maximum absolute atomic E-state index is 11.9. The van der Waals surface area contributed by atoms with Crippen molar-refractivity contribution in [1.29, 1.82) is 0 Å². The van der Waals surface area contributed by atoms with Crippen LogP contribution in [-0.4, -0.2) is 56.9 Å². The van der Waals surface area contributed by atoms with Crippen LogP contribution < -0.4 is 10.6 Å². The first-order valence-electron chi connectivity index (χ1n) is 7.75. The molecule has 2 N–H and O–H groups in total. The number of carbonyl (C=O) groups is 3. The summed E-state index contributed by atoms with van der Waals surface area (Å²) in [5.41, 5.74) is 1.34. The minimum absolute atomic E-state index is 0.0444. The fourth-order valence-electron chi connectivity index (χ4n) is 2.42. The Balaban J connectivity index is 1.68. The predicted octanol–water partition coefficient (Wildman–Crippen LogP) is -0.429. The zero-order valence-corrected chi connectivity index (χ0v) is 14.6. The number of hydrogen-bond donors (Lipinski definition) is 2. The predicted molar refractivity (Wildman–Crippen MR) is 89.7 cm³/mol. The molecule has 25 heavy (non-hydrogen) atoms. The van der Waals surface area contributed by atoms with E-state index >= 15 is 0 Å². The summed E-state index contributed by atoms with van der Waals surface area (Å²) in [6.07, 6.45) is 0.356. The van der Waals surface area contributed by atoms with Gasteiger partial charge in [-0.1, -0.05) is 17.7 Å². The normalized spacial score (nSPS) is 18.4. The Kier molecular flexibility index (Phi) is 6.13. The Hall–Kier alpha value is -2.42. The molecule has 0 spiro atoms. The molecule has 1 aliphatic heterocycles. The SMILES string of the molecule is Cc1cccc(C(=O)NCC(=O)OCC(=O)N[C@H]2CCS(=O)(=O)C2)c1. The zero-order valence-electron chi connectivity index (χ0n) is 13.8.